The van der Waals surface area contributed by atoms with Gasteiger partial charge in [-0.25, -0.2) is 14.6 Å². The van der Waals surface area contributed by atoms with Gasteiger partial charge in [0.2, 0.25) is 0 Å². The monoisotopic (exact) mass is 677 g/mol. The largest absolute Gasteiger partial charge is 0.494 e. The Bertz CT molecular complexity index is 1780. The van der Waals surface area contributed by atoms with Crippen molar-refractivity contribution < 1.29 is 23.8 Å². The quantitative estimate of drug-likeness (QED) is 0.0352. The first-order valence-electron chi connectivity index (χ1n) is 16.5. The van der Waals surface area contributed by atoms with Gasteiger partial charge in [-0.1, -0.05) is 73.7 Å². The number of esters is 2. The van der Waals surface area contributed by atoms with Gasteiger partial charge in [0.15, 0.2) is 5.13 Å². The minimum atomic E-state index is -0.471. The van der Waals surface area contributed by atoms with E-state index >= 15 is 0 Å². The number of carbonyl (C=O) groups excluding carboxylic acids is 2. The highest BCUT2D eigenvalue weighted by molar-refractivity contribution is 7.22. The minimum Gasteiger partial charge on any atom is -0.494 e. The summed E-state index contributed by atoms with van der Waals surface area (Å²) in [5, 5.41) is 11.8. The van der Waals surface area contributed by atoms with Crippen LogP contribution in [0.5, 0.6) is 11.5 Å². The Morgan fingerprint density at radius 2 is 1.61 bits per heavy atom. The zero-order valence-corrected chi connectivity index (χ0v) is 28.9. The maximum Gasteiger partial charge on any atom is 0.343 e. The summed E-state index contributed by atoms with van der Waals surface area (Å²) in [6.07, 6.45) is 8.19. The van der Waals surface area contributed by atoms with E-state index in [0.717, 1.165) is 66.4 Å². The lowest BCUT2D eigenvalue weighted by Crippen LogP contribution is -2.09. The number of thiazole rings is 1. The van der Waals surface area contributed by atoms with Crippen molar-refractivity contribution in [2.75, 3.05) is 25.6 Å². The average Bonchev–Trinajstić information content (AvgIpc) is 3.57. The van der Waals surface area contributed by atoms with Crippen LogP contribution in [0.25, 0.3) is 21.3 Å². The Balaban J connectivity index is 0.000000411. The number of ether oxygens (including phenoxy) is 3. The van der Waals surface area contributed by atoms with E-state index in [2.05, 4.69) is 54.1 Å². The second-order valence-electron chi connectivity index (χ2n) is 11.1. The standard InChI is InChI=1S/C32H35NO5.C8H8N2S/c1-3-9-24-10-12-25(13-11-24)30-19-18-29(22-27(30)23-33)38-32(35)26-14-16-28(17-15-26)36-20-7-5-6-8-21-37-31(34)4-2;1-9-8-10-6-4-2-3-5-7(6)11-8/h4,10-19,22-23,33H,2-3,5-9,20-21H2,1H3;2-5H,1H3,(H,9,10). The number of hydrogen-bond acceptors (Lipinski definition) is 9. The molecule has 9 heteroatoms. The van der Waals surface area contributed by atoms with Gasteiger partial charge in [0.05, 0.1) is 29.0 Å². The fourth-order valence-electron chi connectivity index (χ4n) is 4.94. The van der Waals surface area contributed by atoms with Crippen molar-refractivity contribution in [2.24, 2.45) is 0 Å². The van der Waals surface area contributed by atoms with Gasteiger partial charge in [-0.15, -0.1) is 0 Å². The second-order valence-corrected chi connectivity index (χ2v) is 12.2. The fraction of sp³-hybridized carbons (Fsp3) is 0.250. The van der Waals surface area contributed by atoms with Crippen LogP contribution >= 0.6 is 11.3 Å². The molecule has 0 aliphatic carbocycles. The van der Waals surface area contributed by atoms with E-state index in [0.29, 0.717) is 35.8 Å². The molecule has 49 heavy (non-hydrogen) atoms. The van der Waals surface area contributed by atoms with Crippen molar-refractivity contribution in [3.8, 4) is 22.6 Å². The summed E-state index contributed by atoms with van der Waals surface area (Å²) in [7, 11) is 1.89. The van der Waals surface area contributed by atoms with Crippen molar-refractivity contribution >= 4 is 44.8 Å². The number of fused-ring (bicyclic) bond motifs is 1. The summed E-state index contributed by atoms with van der Waals surface area (Å²) in [4.78, 5) is 28.0. The Hall–Kier alpha value is -5.28. The van der Waals surface area contributed by atoms with Crippen LogP contribution in [-0.4, -0.2) is 43.4 Å². The summed E-state index contributed by atoms with van der Waals surface area (Å²) in [5.74, 6) is 0.209. The minimum absolute atomic E-state index is 0.388. The van der Waals surface area contributed by atoms with Crippen LogP contribution in [0.4, 0.5) is 5.13 Å². The topological polar surface area (TPSA) is 111 Å². The SMILES string of the molecule is C=CC(=O)OCCCCCCOc1ccc(C(=O)Oc2ccc(-c3ccc(CCC)cc3)c(C=N)c2)cc1.CNc1nc2ccccc2s1. The third-order valence-corrected chi connectivity index (χ3v) is 8.56. The molecule has 1 aromatic heterocycles. The van der Waals surface area contributed by atoms with Gasteiger partial charge in [0.25, 0.3) is 0 Å². The third kappa shape index (κ3) is 11.4. The number of aromatic nitrogens is 1. The second kappa shape index (κ2) is 19.5. The number of nitrogens with zero attached hydrogens (tertiary/aromatic N) is 1. The van der Waals surface area contributed by atoms with Crippen molar-refractivity contribution in [2.45, 2.75) is 45.4 Å². The first kappa shape index (κ1) is 36.6. The Morgan fingerprint density at radius 3 is 2.29 bits per heavy atom. The van der Waals surface area contributed by atoms with Crippen LogP contribution in [0.1, 0.15) is 60.5 Å². The van der Waals surface area contributed by atoms with E-state index in [1.165, 1.54) is 16.5 Å². The number of unbranched alkanes of at least 4 members (excludes halogenated alkanes) is 3. The Kier molecular flexibility index (Phi) is 14.6. The lowest BCUT2D eigenvalue weighted by Gasteiger charge is -2.11. The predicted octanol–water partition coefficient (Wildman–Crippen LogP) is 9.53. The lowest BCUT2D eigenvalue weighted by molar-refractivity contribution is -0.137. The molecule has 2 N–H and O–H groups in total. The van der Waals surface area contributed by atoms with Gasteiger partial charge >= 0.3 is 11.9 Å². The van der Waals surface area contributed by atoms with Crippen LogP contribution < -0.4 is 14.8 Å². The first-order chi connectivity index (χ1) is 23.9. The van der Waals surface area contributed by atoms with Crippen LogP contribution in [0.15, 0.2) is 104 Å². The zero-order chi connectivity index (χ0) is 34.8. The third-order valence-electron chi connectivity index (χ3n) is 7.51. The molecule has 8 nitrogen and oxygen atoms in total. The van der Waals surface area contributed by atoms with Gasteiger partial charge in [0.1, 0.15) is 11.5 Å². The van der Waals surface area contributed by atoms with Crippen molar-refractivity contribution in [1.82, 2.24) is 4.98 Å². The van der Waals surface area contributed by atoms with Crippen LogP contribution in [0.3, 0.4) is 0 Å². The Labute approximate surface area is 292 Å². The molecule has 4 aromatic carbocycles. The fourth-order valence-corrected chi connectivity index (χ4v) is 5.76. The van der Waals surface area contributed by atoms with E-state index in [-0.39, 0.29) is 0 Å². The molecule has 1 heterocycles. The number of nitrogens with one attached hydrogen (secondary N) is 2. The maximum absolute atomic E-state index is 12.7. The normalized spacial score (nSPS) is 10.4. The molecule has 0 aliphatic rings. The summed E-state index contributed by atoms with van der Waals surface area (Å²) in [6, 6.07) is 28.7. The summed E-state index contributed by atoms with van der Waals surface area (Å²) < 4.78 is 17.5. The number of rotatable bonds is 16. The van der Waals surface area contributed by atoms with Crippen molar-refractivity contribution in [3.63, 3.8) is 0 Å². The summed E-state index contributed by atoms with van der Waals surface area (Å²) >= 11 is 1.68. The molecule has 0 bridgehead atoms. The number of para-hydroxylation sites is 1. The highest BCUT2D eigenvalue weighted by Gasteiger charge is 2.12. The van der Waals surface area contributed by atoms with E-state index < -0.39 is 11.9 Å². The van der Waals surface area contributed by atoms with Gasteiger partial charge < -0.3 is 24.9 Å². The van der Waals surface area contributed by atoms with Crippen molar-refractivity contribution in [1.29, 1.82) is 5.41 Å². The highest BCUT2D eigenvalue weighted by Crippen LogP contribution is 2.28. The molecule has 0 spiro atoms. The Morgan fingerprint density at radius 1 is 0.898 bits per heavy atom. The zero-order valence-electron chi connectivity index (χ0n) is 28.1. The summed E-state index contributed by atoms with van der Waals surface area (Å²) in [6.45, 7) is 6.49. The molecule has 0 aliphatic heterocycles. The summed E-state index contributed by atoms with van der Waals surface area (Å²) in [5.41, 5.74) is 5.39. The van der Waals surface area contributed by atoms with E-state index in [1.54, 1.807) is 47.7 Å². The number of carbonyl (C=O) groups is 2. The van der Waals surface area contributed by atoms with E-state index in [4.69, 9.17) is 19.6 Å². The van der Waals surface area contributed by atoms with E-state index in [9.17, 15) is 9.59 Å². The number of anilines is 1. The molecule has 0 atom stereocenters. The molecule has 0 saturated carbocycles. The molecule has 0 saturated heterocycles. The number of hydrogen-bond donors (Lipinski definition) is 2. The number of aryl methyl sites for hydroxylation is 1. The maximum atomic E-state index is 12.7. The van der Waals surface area contributed by atoms with Gasteiger partial charge in [-0.3, -0.25) is 0 Å². The molecule has 0 fully saturated rings. The van der Waals surface area contributed by atoms with Gasteiger partial charge in [0, 0.05) is 24.9 Å². The van der Waals surface area contributed by atoms with Crippen molar-refractivity contribution in [3.05, 3.63) is 120 Å². The molecular weight excluding hydrogens is 635 g/mol. The first-order valence-corrected chi connectivity index (χ1v) is 17.3. The van der Waals surface area contributed by atoms with E-state index in [1.807, 2.05) is 31.3 Å². The molecule has 5 rings (SSSR count). The highest BCUT2D eigenvalue weighted by atomic mass is 32.1. The van der Waals surface area contributed by atoms with Crippen LogP contribution in [0, 0.1) is 5.41 Å². The molecule has 5 aromatic rings. The average molecular weight is 678 g/mol. The molecule has 254 valence electrons. The molecule has 0 amide bonds. The number of benzene rings is 4. The lowest BCUT2D eigenvalue weighted by atomic mass is 9.98. The smallest absolute Gasteiger partial charge is 0.343 e. The van der Waals surface area contributed by atoms with Crippen LogP contribution in [-0.2, 0) is 16.0 Å². The van der Waals surface area contributed by atoms with Crippen LogP contribution in [0.2, 0.25) is 0 Å². The van der Waals surface area contributed by atoms with Gasteiger partial charge in [-0.2, -0.15) is 0 Å². The van der Waals surface area contributed by atoms with Gasteiger partial charge in [-0.05, 0) is 97.3 Å². The molecular formula is C40H43N3O5S. The molecule has 0 unspecified atom stereocenters. The predicted molar refractivity (Wildman–Crippen MR) is 199 cm³/mol. The molecule has 0 radical (unpaired) electrons.